The van der Waals surface area contributed by atoms with E-state index in [-0.39, 0.29) is 5.97 Å². The Morgan fingerprint density at radius 1 is 1.07 bits per heavy atom. The summed E-state index contributed by atoms with van der Waals surface area (Å²) >= 11 is 0. The summed E-state index contributed by atoms with van der Waals surface area (Å²) in [6.07, 6.45) is 1.92. The van der Waals surface area contributed by atoms with Gasteiger partial charge in [-0.15, -0.1) is 0 Å². The van der Waals surface area contributed by atoms with Crippen molar-refractivity contribution in [2.24, 2.45) is 0 Å². The lowest BCUT2D eigenvalue weighted by Crippen LogP contribution is -2.04. The normalized spacial score (nSPS) is 10.7. The van der Waals surface area contributed by atoms with Crippen LogP contribution in [0.3, 0.4) is 0 Å². The molecule has 0 fully saturated rings. The number of pyridine rings is 1. The number of nitriles is 1. The monoisotopic (exact) mass is 370 g/mol. The van der Waals surface area contributed by atoms with Crippen LogP contribution in [0.25, 0.3) is 16.4 Å². The number of ether oxygens (including phenoxy) is 2. The molecule has 0 saturated carbocycles. The Labute approximate surface area is 162 Å². The number of rotatable bonds is 5. The molecule has 0 N–H and O–H groups in total. The molecule has 28 heavy (non-hydrogen) atoms. The van der Waals surface area contributed by atoms with Gasteiger partial charge in [0.25, 0.3) is 0 Å². The van der Waals surface area contributed by atoms with Gasteiger partial charge in [-0.25, -0.2) is 4.79 Å². The highest BCUT2D eigenvalue weighted by atomic mass is 16.5. The van der Waals surface area contributed by atoms with Gasteiger partial charge in [-0.05, 0) is 48.9 Å². The first-order chi connectivity index (χ1) is 13.7. The first kappa shape index (κ1) is 17.6. The number of hydrogen-bond donors (Lipinski definition) is 0. The first-order valence-corrected chi connectivity index (χ1v) is 9.03. The van der Waals surface area contributed by atoms with Crippen LogP contribution in [-0.4, -0.2) is 17.0 Å². The third kappa shape index (κ3) is 3.17. The van der Waals surface area contributed by atoms with Crippen molar-refractivity contribution in [3.05, 3.63) is 83.6 Å². The summed E-state index contributed by atoms with van der Waals surface area (Å²) in [4.78, 5) is 12.5. The molecule has 0 aliphatic rings. The number of nitrogens with zero attached hydrogens (tertiary/aromatic N) is 2. The molecule has 0 atom stereocenters. The topological polar surface area (TPSA) is 63.7 Å². The standard InChI is InChI=1S/C23H18N2O3/c1-2-27-23(26)22-19-10-9-18(13-21(19)25-11-4-3-8-20(22)25)28-15-17-7-5-6-16(12-17)14-24/h3-13H,2,15H2,1H3. The van der Waals surface area contributed by atoms with Crippen molar-refractivity contribution >= 4 is 22.4 Å². The minimum absolute atomic E-state index is 0.327. The van der Waals surface area contributed by atoms with E-state index in [1.165, 1.54) is 0 Å². The predicted octanol–water partition coefficient (Wildman–Crippen LogP) is 4.72. The van der Waals surface area contributed by atoms with Crippen molar-refractivity contribution in [2.75, 3.05) is 6.61 Å². The molecule has 5 nitrogen and oxygen atoms in total. The average Bonchev–Trinajstić information content (AvgIpc) is 3.06. The molecule has 0 spiro atoms. The second-order valence-electron chi connectivity index (χ2n) is 6.33. The minimum atomic E-state index is -0.330. The van der Waals surface area contributed by atoms with Gasteiger partial charge in [0.2, 0.25) is 0 Å². The zero-order valence-electron chi connectivity index (χ0n) is 15.4. The molecule has 2 aromatic carbocycles. The van der Waals surface area contributed by atoms with Gasteiger partial charge >= 0.3 is 5.97 Å². The molecular formula is C23H18N2O3. The Morgan fingerprint density at radius 2 is 1.96 bits per heavy atom. The number of hydrogen-bond acceptors (Lipinski definition) is 4. The fourth-order valence-electron chi connectivity index (χ4n) is 3.32. The highest BCUT2D eigenvalue weighted by molar-refractivity contribution is 6.11. The summed E-state index contributed by atoms with van der Waals surface area (Å²) in [5.41, 5.74) is 3.77. The Balaban J connectivity index is 1.72. The van der Waals surface area contributed by atoms with Crippen LogP contribution in [0.4, 0.5) is 0 Å². The molecule has 0 aliphatic heterocycles. The number of benzene rings is 2. The minimum Gasteiger partial charge on any atom is -0.489 e. The molecule has 0 radical (unpaired) electrons. The molecule has 4 aromatic rings. The van der Waals surface area contributed by atoms with Crippen molar-refractivity contribution in [1.29, 1.82) is 5.26 Å². The molecule has 138 valence electrons. The third-order valence-electron chi connectivity index (χ3n) is 4.56. The van der Waals surface area contributed by atoms with Gasteiger partial charge in [-0.3, -0.25) is 0 Å². The van der Waals surface area contributed by atoms with Gasteiger partial charge in [0.15, 0.2) is 0 Å². The fourth-order valence-corrected chi connectivity index (χ4v) is 3.32. The van der Waals surface area contributed by atoms with E-state index in [4.69, 9.17) is 14.7 Å². The molecule has 0 amide bonds. The largest absolute Gasteiger partial charge is 0.489 e. The van der Waals surface area contributed by atoms with Crippen LogP contribution < -0.4 is 4.74 Å². The van der Waals surface area contributed by atoms with Crippen LogP contribution in [0.15, 0.2) is 66.9 Å². The molecule has 0 saturated heterocycles. The van der Waals surface area contributed by atoms with Crippen molar-refractivity contribution in [3.63, 3.8) is 0 Å². The number of carbonyl (C=O) groups excluding carboxylic acids is 1. The molecule has 0 aliphatic carbocycles. The second-order valence-corrected chi connectivity index (χ2v) is 6.33. The van der Waals surface area contributed by atoms with E-state index >= 15 is 0 Å². The Morgan fingerprint density at radius 3 is 2.79 bits per heavy atom. The summed E-state index contributed by atoms with van der Waals surface area (Å²) in [5, 5.41) is 9.84. The van der Waals surface area contributed by atoms with Gasteiger partial charge in [-0.2, -0.15) is 5.26 Å². The molecule has 5 heteroatoms. The van der Waals surface area contributed by atoms with Crippen LogP contribution in [-0.2, 0) is 11.3 Å². The van der Waals surface area contributed by atoms with Gasteiger partial charge in [-0.1, -0.05) is 18.2 Å². The van der Waals surface area contributed by atoms with Crippen molar-refractivity contribution in [1.82, 2.24) is 4.40 Å². The molecular weight excluding hydrogens is 352 g/mol. The zero-order chi connectivity index (χ0) is 19.5. The lowest BCUT2D eigenvalue weighted by molar-refractivity contribution is 0.0531. The Hall–Kier alpha value is -3.78. The van der Waals surface area contributed by atoms with Crippen LogP contribution in [0.1, 0.15) is 28.4 Å². The van der Waals surface area contributed by atoms with E-state index in [1.807, 2.05) is 65.2 Å². The predicted molar refractivity (Wildman–Crippen MR) is 106 cm³/mol. The summed E-state index contributed by atoms with van der Waals surface area (Å²) in [5.74, 6) is 0.358. The Kier molecular flexibility index (Phi) is 4.69. The lowest BCUT2D eigenvalue weighted by atomic mass is 10.1. The van der Waals surface area contributed by atoms with E-state index in [0.29, 0.717) is 30.1 Å². The van der Waals surface area contributed by atoms with Crippen molar-refractivity contribution < 1.29 is 14.3 Å². The van der Waals surface area contributed by atoms with E-state index in [2.05, 4.69) is 6.07 Å². The van der Waals surface area contributed by atoms with E-state index in [9.17, 15) is 4.79 Å². The van der Waals surface area contributed by atoms with Crippen LogP contribution in [0.2, 0.25) is 0 Å². The maximum Gasteiger partial charge on any atom is 0.340 e. The maximum absolute atomic E-state index is 12.5. The van der Waals surface area contributed by atoms with Crippen molar-refractivity contribution in [3.8, 4) is 11.8 Å². The number of carbonyl (C=O) groups is 1. The second kappa shape index (κ2) is 7.45. The molecule has 2 heterocycles. The van der Waals surface area contributed by atoms with Crippen LogP contribution >= 0.6 is 0 Å². The first-order valence-electron chi connectivity index (χ1n) is 9.03. The number of aromatic nitrogens is 1. The maximum atomic E-state index is 12.5. The smallest absolute Gasteiger partial charge is 0.340 e. The van der Waals surface area contributed by atoms with Crippen LogP contribution in [0, 0.1) is 11.3 Å². The molecule has 4 rings (SSSR count). The van der Waals surface area contributed by atoms with Gasteiger partial charge in [0, 0.05) is 17.6 Å². The highest BCUT2D eigenvalue weighted by Gasteiger charge is 2.19. The molecule has 0 unspecified atom stereocenters. The SMILES string of the molecule is CCOC(=O)c1c2ccc(OCc3cccc(C#N)c3)cc2n2ccccc12. The summed E-state index contributed by atoms with van der Waals surface area (Å²) in [7, 11) is 0. The van der Waals surface area contributed by atoms with Gasteiger partial charge < -0.3 is 13.9 Å². The highest BCUT2D eigenvalue weighted by Crippen LogP contribution is 2.30. The quantitative estimate of drug-likeness (QED) is 0.477. The fraction of sp³-hybridized carbons (Fsp3) is 0.130. The number of fused-ring (bicyclic) bond motifs is 3. The lowest BCUT2D eigenvalue weighted by Gasteiger charge is -2.07. The van der Waals surface area contributed by atoms with E-state index in [1.54, 1.807) is 13.0 Å². The van der Waals surface area contributed by atoms with E-state index < -0.39 is 0 Å². The Bertz CT molecular complexity index is 1220. The average molecular weight is 370 g/mol. The summed E-state index contributed by atoms with van der Waals surface area (Å²) in [6.45, 7) is 2.48. The van der Waals surface area contributed by atoms with Gasteiger partial charge in [0.1, 0.15) is 12.4 Å². The molecule has 2 aromatic heterocycles. The van der Waals surface area contributed by atoms with E-state index in [0.717, 1.165) is 22.0 Å². The summed E-state index contributed by atoms with van der Waals surface area (Å²) < 4.78 is 13.1. The summed E-state index contributed by atoms with van der Waals surface area (Å²) in [6, 6.07) is 20.8. The zero-order valence-corrected chi connectivity index (χ0v) is 15.4. The van der Waals surface area contributed by atoms with Crippen molar-refractivity contribution in [2.45, 2.75) is 13.5 Å². The third-order valence-corrected chi connectivity index (χ3v) is 4.56. The van der Waals surface area contributed by atoms with Gasteiger partial charge in [0.05, 0.1) is 34.8 Å². The number of esters is 1. The molecule has 0 bridgehead atoms. The van der Waals surface area contributed by atoms with Crippen LogP contribution in [0.5, 0.6) is 5.75 Å².